The monoisotopic (exact) mass is 300 g/mol. The topological polar surface area (TPSA) is 64.3 Å². The maximum Gasteiger partial charge on any atom is 0.224 e. The number of hydrogen-bond acceptors (Lipinski definition) is 3. The number of carbonyl (C=O) groups is 1. The number of ether oxygens (including phenoxy) is 1. The summed E-state index contributed by atoms with van der Waals surface area (Å²) in [5.74, 6) is 0.151. The number of rotatable bonds is 3. The smallest absolute Gasteiger partial charge is 0.224 e. The molecule has 0 saturated carbocycles. The van der Waals surface area contributed by atoms with Crippen molar-refractivity contribution in [3.05, 3.63) is 58.9 Å². The number of benzene rings is 2. The van der Waals surface area contributed by atoms with Gasteiger partial charge in [0.2, 0.25) is 5.91 Å². The molecule has 2 aromatic carbocycles. The van der Waals surface area contributed by atoms with Crippen molar-refractivity contribution < 1.29 is 13.9 Å². The number of aryl methyl sites for hydroxylation is 1. The standard InChI is InChI=1S/C17H17FN2O2/c1-22-13-5-2-10(3-6-13)16(19)12-8-11-4-7-15(21)20-17(11)14(18)9-12/h2-3,5-6,8-9,16H,4,7,19H2,1H3,(H,20,21). The van der Waals surface area contributed by atoms with Crippen molar-refractivity contribution in [2.75, 3.05) is 12.4 Å². The van der Waals surface area contributed by atoms with Crippen LogP contribution in [-0.2, 0) is 11.2 Å². The number of fused-ring (bicyclic) bond motifs is 1. The van der Waals surface area contributed by atoms with E-state index >= 15 is 0 Å². The van der Waals surface area contributed by atoms with E-state index in [2.05, 4.69) is 5.32 Å². The highest BCUT2D eigenvalue weighted by Gasteiger charge is 2.21. The maximum atomic E-state index is 14.2. The molecule has 1 heterocycles. The van der Waals surface area contributed by atoms with Gasteiger partial charge in [0.1, 0.15) is 11.6 Å². The van der Waals surface area contributed by atoms with E-state index < -0.39 is 11.9 Å². The summed E-state index contributed by atoms with van der Waals surface area (Å²) in [5.41, 5.74) is 8.88. The van der Waals surface area contributed by atoms with Gasteiger partial charge in [-0.05, 0) is 41.3 Å². The van der Waals surface area contributed by atoms with E-state index in [9.17, 15) is 9.18 Å². The molecule has 1 unspecified atom stereocenters. The number of amides is 1. The summed E-state index contributed by atoms with van der Waals surface area (Å²) in [6.07, 6.45) is 0.898. The number of nitrogens with two attached hydrogens (primary N) is 1. The Labute approximate surface area is 128 Å². The minimum absolute atomic E-state index is 0.154. The van der Waals surface area contributed by atoms with Crippen LogP contribution in [0.4, 0.5) is 10.1 Å². The van der Waals surface area contributed by atoms with Gasteiger partial charge in [0.05, 0.1) is 18.8 Å². The molecule has 5 heteroatoms. The summed E-state index contributed by atoms with van der Waals surface area (Å²) in [5, 5.41) is 2.58. The molecule has 114 valence electrons. The third kappa shape index (κ3) is 2.67. The van der Waals surface area contributed by atoms with Gasteiger partial charge in [0, 0.05) is 6.42 Å². The first-order valence-electron chi connectivity index (χ1n) is 7.10. The molecule has 0 radical (unpaired) electrons. The van der Waals surface area contributed by atoms with Crippen molar-refractivity contribution >= 4 is 11.6 Å². The van der Waals surface area contributed by atoms with Gasteiger partial charge in [-0.25, -0.2) is 4.39 Å². The first kappa shape index (κ1) is 14.5. The second-order valence-electron chi connectivity index (χ2n) is 5.34. The lowest BCUT2D eigenvalue weighted by molar-refractivity contribution is -0.116. The van der Waals surface area contributed by atoms with Gasteiger partial charge in [0.15, 0.2) is 0 Å². The van der Waals surface area contributed by atoms with Crippen LogP contribution < -0.4 is 15.8 Å². The SMILES string of the molecule is COc1ccc(C(N)c2cc(F)c3c(c2)CCC(=O)N3)cc1. The number of halogens is 1. The molecule has 0 aliphatic carbocycles. The molecule has 0 fully saturated rings. The van der Waals surface area contributed by atoms with E-state index in [0.717, 1.165) is 16.9 Å². The number of carbonyl (C=O) groups excluding carboxylic acids is 1. The van der Waals surface area contributed by atoms with Gasteiger partial charge in [-0.1, -0.05) is 18.2 Å². The fraction of sp³-hybridized carbons (Fsp3) is 0.235. The Morgan fingerprint density at radius 2 is 1.91 bits per heavy atom. The van der Waals surface area contributed by atoms with Crippen molar-refractivity contribution in [1.82, 2.24) is 0 Å². The highest BCUT2D eigenvalue weighted by atomic mass is 19.1. The van der Waals surface area contributed by atoms with Crippen LogP contribution in [0, 0.1) is 5.82 Å². The van der Waals surface area contributed by atoms with Crippen molar-refractivity contribution in [1.29, 1.82) is 0 Å². The molecule has 1 aliphatic rings. The second kappa shape index (κ2) is 5.77. The predicted octanol–water partition coefficient (Wildman–Crippen LogP) is 2.77. The van der Waals surface area contributed by atoms with Crippen LogP contribution >= 0.6 is 0 Å². The fourth-order valence-corrected chi connectivity index (χ4v) is 2.66. The van der Waals surface area contributed by atoms with Crippen LogP contribution in [0.25, 0.3) is 0 Å². The largest absolute Gasteiger partial charge is 0.497 e. The molecule has 0 saturated heterocycles. The van der Waals surface area contributed by atoms with Crippen molar-refractivity contribution in [3.8, 4) is 5.75 Å². The summed E-state index contributed by atoms with van der Waals surface area (Å²) in [7, 11) is 1.60. The van der Waals surface area contributed by atoms with E-state index in [4.69, 9.17) is 10.5 Å². The molecule has 2 aromatic rings. The van der Waals surface area contributed by atoms with Crippen molar-refractivity contribution in [2.45, 2.75) is 18.9 Å². The normalized spacial score (nSPS) is 15.0. The van der Waals surface area contributed by atoms with Crippen LogP contribution in [0.15, 0.2) is 36.4 Å². The molecule has 0 spiro atoms. The number of methoxy groups -OCH3 is 1. The summed E-state index contributed by atoms with van der Waals surface area (Å²) in [4.78, 5) is 11.4. The molecular weight excluding hydrogens is 283 g/mol. The quantitative estimate of drug-likeness (QED) is 0.916. The van der Waals surface area contributed by atoms with E-state index in [-0.39, 0.29) is 11.6 Å². The Morgan fingerprint density at radius 1 is 1.18 bits per heavy atom. The van der Waals surface area contributed by atoms with Crippen LogP contribution in [-0.4, -0.2) is 13.0 Å². The summed E-state index contributed by atoms with van der Waals surface area (Å²) in [6.45, 7) is 0. The third-order valence-corrected chi connectivity index (χ3v) is 3.91. The van der Waals surface area contributed by atoms with Gasteiger partial charge in [-0.3, -0.25) is 4.79 Å². The lowest BCUT2D eigenvalue weighted by atomic mass is 9.94. The van der Waals surface area contributed by atoms with Crippen LogP contribution in [0.5, 0.6) is 5.75 Å². The average Bonchev–Trinajstić information content (AvgIpc) is 2.55. The summed E-state index contributed by atoms with van der Waals surface area (Å²) >= 11 is 0. The lowest BCUT2D eigenvalue weighted by Crippen LogP contribution is -2.21. The zero-order valence-electron chi connectivity index (χ0n) is 12.2. The molecule has 0 aromatic heterocycles. The Balaban J connectivity index is 1.94. The maximum absolute atomic E-state index is 14.2. The number of anilines is 1. The van der Waals surface area contributed by atoms with Gasteiger partial charge in [-0.15, -0.1) is 0 Å². The Kier molecular flexibility index (Phi) is 3.81. The summed E-state index contributed by atoms with van der Waals surface area (Å²) in [6, 6.07) is 10.2. The molecule has 1 aliphatic heterocycles. The van der Waals surface area contributed by atoms with E-state index in [1.807, 2.05) is 30.3 Å². The highest BCUT2D eigenvalue weighted by Crippen LogP contribution is 2.31. The lowest BCUT2D eigenvalue weighted by Gasteiger charge is -2.21. The average molecular weight is 300 g/mol. The zero-order chi connectivity index (χ0) is 15.7. The van der Waals surface area contributed by atoms with Crippen molar-refractivity contribution in [2.24, 2.45) is 5.73 Å². The van der Waals surface area contributed by atoms with E-state index in [1.54, 1.807) is 7.11 Å². The predicted molar refractivity (Wildman–Crippen MR) is 82.4 cm³/mol. The van der Waals surface area contributed by atoms with Crippen LogP contribution in [0.1, 0.15) is 29.2 Å². The van der Waals surface area contributed by atoms with Gasteiger partial charge < -0.3 is 15.8 Å². The molecule has 1 amide bonds. The number of nitrogens with one attached hydrogen (secondary N) is 1. The Hall–Kier alpha value is -2.40. The van der Waals surface area contributed by atoms with Crippen LogP contribution in [0.3, 0.4) is 0 Å². The Morgan fingerprint density at radius 3 is 2.59 bits per heavy atom. The summed E-state index contributed by atoms with van der Waals surface area (Å²) < 4.78 is 19.3. The van der Waals surface area contributed by atoms with Crippen molar-refractivity contribution in [3.63, 3.8) is 0 Å². The number of hydrogen-bond donors (Lipinski definition) is 2. The van der Waals surface area contributed by atoms with Crippen LogP contribution in [0.2, 0.25) is 0 Å². The van der Waals surface area contributed by atoms with E-state index in [0.29, 0.717) is 18.4 Å². The van der Waals surface area contributed by atoms with Gasteiger partial charge >= 0.3 is 0 Å². The second-order valence-corrected chi connectivity index (χ2v) is 5.34. The first-order valence-corrected chi connectivity index (χ1v) is 7.10. The molecule has 3 N–H and O–H groups in total. The molecule has 4 nitrogen and oxygen atoms in total. The van der Waals surface area contributed by atoms with Gasteiger partial charge in [0.25, 0.3) is 0 Å². The molecule has 3 rings (SSSR count). The zero-order valence-corrected chi connectivity index (χ0v) is 12.2. The Bertz CT molecular complexity index is 713. The molecule has 22 heavy (non-hydrogen) atoms. The minimum atomic E-state index is -0.440. The highest BCUT2D eigenvalue weighted by molar-refractivity contribution is 5.94. The van der Waals surface area contributed by atoms with Gasteiger partial charge in [-0.2, -0.15) is 0 Å². The first-order chi connectivity index (χ1) is 10.6. The molecule has 0 bridgehead atoms. The minimum Gasteiger partial charge on any atom is -0.497 e. The molecular formula is C17H17FN2O2. The molecule has 1 atom stereocenters. The van der Waals surface area contributed by atoms with E-state index in [1.165, 1.54) is 6.07 Å². The fourth-order valence-electron chi connectivity index (χ4n) is 2.66. The third-order valence-electron chi connectivity index (χ3n) is 3.91.